The van der Waals surface area contributed by atoms with Gasteiger partial charge in [-0.3, -0.25) is 4.79 Å². The van der Waals surface area contributed by atoms with Crippen molar-refractivity contribution in [2.75, 3.05) is 31.1 Å². The van der Waals surface area contributed by atoms with Crippen LogP contribution in [0.15, 0.2) is 41.0 Å². The van der Waals surface area contributed by atoms with E-state index in [0.717, 1.165) is 37.7 Å². The van der Waals surface area contributed by atoms with Crippen molar-refractivity contribution in [3.05, 3.63) is 53.5 Å². The molecule has 0 spiro atoms. The quantitative estimate of drug-likeness (QED) is 0.829. The lowest BCUT2D eigenvalue weighted by Crippen LogP contribution is -2.40. The van der Waals surface area contributed by atoms with Gasteiger partial charge in [0.15, 0.2) is 0 Å². The monoisotopic (exact) mass is 381 g/mol. The number of benzene rings is 1. The molecule has 4 rings (SSSR count). The minimum absolute atomic E-state index is 0.0334. The molecule has 1 fully saturated rings. The summed E-state index contributed by atoms with van der Waals surface area (Å²) in [6.45, 7) is 9.03. The first-order chi connectivity index (χ1) is 13.6. The first-order valence-corrected chi connectivity index (χ1v) is 10.5. The Labute approximate surface area is 167 Å². The Kier molecular flexibility index (Phi) is 5.72. The second-order valence-corrected chi connectivity index (χ2v) is 8.37. The summed E-state index contributed by atoms with van der Waals surface area (Å²) in [4.78, 5) is 17.5. The lowest BCUT2D eigenvalue weighted by Gasteiger charge is -2.30. The van der Waals surface area contributed by atoms with Gasteiger partial charge in [0.1, 0.15) is 5.76 Å². The Bertz CT molecular complexity index is 816. The number of fused-ring (bicyclic) bond motifs is 1. The van der Waals surface area contributed by atoms with Crippen LogP contribution in [-0.4, -0.2) is 43.0 Å². The normalized spacial score (nSPS) is 22.3. The summed E-state index contributed by atoms with van der Waals surface area (Å²) in [7, 11) is 0. The fraction of sp³-hybridized carbons (Fsp3) is 0.522. The van der Waals surface area contributed by atoms with Crippen LogP contribution in [0.5, 0.6) is 0 Å². The molecule has 2 aliphatic heterocycles. The molecule has 0 bridgehead atoms. The molecule has 1 aromatic carbocycles. The molecule has 2 unspecified atom stereocenters. The number of carbonyl (C=O) groups excluding carboxylic acids is 1. The lowest BCUT2D eigenvalue weighted by atomic mass is 10.0. The lowest BCUT2D eigenvalue weighted by molar-refractivity contribution is 0.0941. The molecule has 28 heavy (non-hydrogen) atoms. The molecule has 5 heteroatoms. The van der Waals surface area contributed by atoms with Gasteiger partial charge < -0.3 is 19.5 Å². The maximum absolute atomic E-state index is 12.7. The van der Waals surface area contributed by atoms with Gasteiger partial charge in [-0.05, 0) is 56.3 Å². The highest BCUT2D eigenvalue weighted by atomic mass is 16.3. The van der Waals surface area contributed by atoms with Crippen LogP contribution in [0.3, 0.4) is 0 Å². The summed E-state index contributed by atoms with van der Waals surface area (Å²) in [6.07, 6.45) is 5.24. The SMILES string of the molecule is CC1CCCN(CCNC(=O)c2ccoc2CN2c3ccccc3CC2C)C1. The second-order valence-electron chi connectivity index (χ2n) is 8.37. The van der Waals surface area contributed by atoms with E-state index in [-0.39, 0.29) is 5.91 Å². The predicted octanol–water partition coefficient (Wildman–Crippen LogP) is 3.69. The number of amides is 1. The topological polar surface area (TPSA) is 48.7 Å². The minimum Gasteiger partial charge on any atom is -0.467 e. The van der Waals surface area contributed by atoms with E-state index in [9.17, 15) is 4.79 Å². The van der Waals surface area contributed by atoms with Gasteiger partial charge in [0.05, 0.1) is 18.4 Å². The summed E-state index contributed by atoms with van der Waals surface area (Å²) in [6, 6.07) is 10.7. The molecule has 2 atom stereocenters. The van der Waals surface area contributed by atoms with Crippen molar-refractivity contribution in [2.24, 2.45) is 5.92 Å². The largest absolute Gasteiger partial charge is 0.467 e. The van der Waals surface area contributed by atoms with Gasteiger partial charge in [0.25, 0.3) is 5.91 Å². The van der Waals surface area contributed by atoms with Crippen molar-refractivity contribution in [1.82, 2.24) is 10.2 Å². The molecular formula is C23H31N3O2. The number of anilines is 1. The number of rotatable bonds is 6. The molecule has 0 radical (unpaired) electrons. The smallest absolute Gasteiger partial charge is 0.254 e. The van der Waals surface area contributed by atoms with E-state index in [1.165, 1.54) is 24.1 Å². The van der Waals surface area contributed by atoms with Crippen LogP contribution >= 0.6 is 0 Å². The van der Waals surface area contributed by atoms with Gasteiger partial charge in [-0.2, -0.15) is 0 Å². The number of hydrogen-bond acceptors (Lipinski definition) is 4. The van der Waals surface area contributed by atoms with Gasteiger partial charge in [-0.1, -0.05) is 25.1 Å². The molecule has 2 aromatic rings. The average molecular weight is 382 g/mol. The summed E-state index contributed by atoms with van der Waals surface area (Å²) in [5.41, 5.74) is 3.27. The second kappa shape index (κ2) is 8.39. The summed E-state index contributed by atoms with van der Waals surface area (Å²) >= 11 is 0. The maximum atomic E-state index is 12.7. The first kappa shape index (κ1) is 19.1. The molecule has 1 amide bonds. The van der Waals surface area contributed by atoms with Gasteiger partial charge in [0, 0.05) is 31.4 Å². The number of nitrogens with zero attached hydrogens (tertiary/aromatic N) is 2. The van der Waals surface area contributed by atoms with Crippen LogP contribution in [-0.2, 0) is 13.0 Å². The highest BCUT2D eigenvalue weighted by Crippen LogP contribution is 2.33. The third kappa shape index (κ3) is 4.09. The van der Waals surface area contributed by atoms with Crippen LogP contribution in [0, 0.1) is 5.92 Å². The van der Waals surface area contributed by atoms with E-state index in [1.807, 2.05) is 0 Å². The molecule has 3 heterocycles. The highest BCUT2D eigenvalue weighted by molar-refractivity contribution is 5.95. The molecule has 1 N–H and O–H groups in total. The van der Waals surface area contributed by atoms with Crippen molar-refractivity contribution in [3.8, 4) is 0 Å². The molecule has 150 valence electrons. The molecule has 1 aromatic heterocycles. The number of nitrogens with one attached hydrogen (secondary N) is 1. The van der Waals surface area contributed by atoms with Crippen LogP contribution < -0.4 is 10.2 Å². The third-order valence-corrected chi connectivity index (χ3v) is 6.11. The van der Waals surface area contributed by atoms with E-state index < -0.39 is 0 Å². The fourth-order valence-electron chi connectivity index (χ4n) is 4.60. The molecule has 2 aliphatic rings. The van der Waals surface area contributed by atoms with Crippen LogP contribution in [0.25, 0.3) is 0 Å². The molecule has 5 nitrogen and oxygen atoms in total. The molecule has 0 aliphatic carbocycles. The van der Waals surface area contributed by atoms with Gasteiger partial charge in [0.2, 0.25) is 0 Å². The number of para-hydroxylation sites is 1. The Morgan fingerprint density at radius 1 is 1.25 bits per heavy atom. The van der Waals surface area contributed by atoms with Crippen molar-refractivity contribution >= 4 is 11.6 Å². The Morgan fingerprint density at radius 2 is 2.11 bits per heavy atom. The van der Waals surface area contributed by atoms with Crippen LogP contribution in [0.4, 0.5) is 5.69 Å². The Morgan fingerprint density at radius 3 is 2.96 bits per heavy atom. The number of furan rings is 1. The van der Waals surface area contributed by atoms with Crippen LogP contribution in [0.1, 0.15) is 48.4 Å². The van der Waals surface area contributed by atoms with E-state index in [2.05, 4.69) is 53.2 Å². The summed E-state index contributed by atoms with van der Waals surface area (Å²) in [5, 5.41) is 3.08. The van der Waals surface area contributed by atoms with Gasteiger partial charge >= 0.3 is 0 Å². The highest BCUT2D eigenvalue weighted by Gasteiger charge is 2.28. The van der Waals surface area contributed by atoms with Crippen molar-refractivity contribution in [3.63, 3.8) is 0 Å². The number of carbonyl (C=O) groups is 1. The zero-order valence-electron chi connectivity index (χ0n) is 17.0. The Hall–Kier alpha value is -2.27. The average Bonchev–Trinajstić information content (AvgIpc) is 3.27. The standard InChI is InChI=1S/C23H31N3O2/c1-17-6-5-11-25(15-17)12-10-24-23(27)20-9-13-28-22(20)16-26-18(2)14-19-7-3-4-8-21(19)26/h3-4,7-9,13,17-18H,5-6,10-12,14-16H2,1-2H3,(H,24,27). The zero-order chi connectivity index (χ0) is 19.5. The minimum atomic E-state index is -0.0334. The maximum Gasteiger partial charge on any atom is 0.254 e. The van der Waals surface area contributed by atoms with E-state index >= 15 is 0 Å². The molecule has 1 saturated heterocycles. The number of piperidine rings is 1. The summed E-state index contributed by atoms with van der Waals surface area (Å²) < 4.78 is 5.71. The zero-order valence-corrected chi connectivity index (χ0v) is 17.0. The molecule has 0 saturated carbocycles. The third-order valence-electron chi connectivity index (χ3n) is 6.11. The Balaban J connectivity index is 1.35. The predicted molar refractivity (Wildman–Crippen MR) is 112 cm³/mol. The van der Waals surface area contributed by atoms with Gasteiger partial charge in [-0.15, -0.1) is 0 Å². The van der Waals surface area contributed by atoms with E-state index in [4.69, 9.17) is 4.42 Å². The van der Waals surface area contributed by atoms with Crippen molar-refractivity contribution in [2.45, 2.75) is 45.7 Å². The van der Waals surface area contributed by atoms with Crippen LogP contribution in [0.2, 0.25) is 0 Å². The number of hydrogen-bond donors (Lipinski definition) is 1. The summed E-state index contributed by atoms with van der Waals surface area (Å²) in [5.74, 6) is 1.47. The first-order valence-electron chi connectivity index (χ1n) is 10.5. The van der Waals surface area contributed by atoms with Crippen molar-refractivity contribution in [1.29, 1.82) is 0 Å². The van der Waals surface area contributed by atoms with Crippen molar-refractivity contribution < 1.29 is 9.21 Å². The number of likely N-dealkylation sites (tertiary alicyclic amines) is 1. The fourth-order valence-corrected chi connectivity index (χ4v) is 4.60. The van der Waals surface area contributed by atoms with E-state index in [0.29, 0.717) is 24.7 Å². The van der Waals surface area contributed by atoms with E-state index in [1.54, 1.807) is 12.3 Å². The van der Waals surface area contributed by atoms with Gasteiger partial charge in [-0.25, -0.2) is 0 Å². The molecular weight excluding hydrogens is 350 g/mol.